The molecule has 184 valence electrons. The first-order valence-electron chi connectivity index (χ1n) is 11.8. The van der Waals surface area contributed by atoms with E-state index in [9.17, 15) is 18.0 Å². The lowest BCUT2D eigenvalue weighted by Gasteiger charge is -2.29. The van der Waals surface area contributed by atoms with Crippen LogP contribution < -0.4 is 5.32 Å². The van der Waals surface area contributed by atoms with Gasteiger partial charge in [-0.1, -0.05) is 29.8 Å². The summed E-state index contributed by atoms with van der Waals surface area (Å²) in [5.41, 5.74) is 2.98. The third-order valence-electron chi connectivity index (χ3n) is 7.01. The van der Waals surface area contributed by atoms with Crippen molar-refractivity contribution in [2.24, 2.45) is 0 Å². The standard InChI is InChI=1S/C26H26ClF3N4O/c1-16(20-6-5-19(27)14-21(20)26(28,29)30)34-15-32-22-7-4-18(13-24(22)34)17-8-11-33(12-9-17)25(35)23-3-2-10-31-23/h4-8,13-16,23,31H,2-3,9-12H2,1H3/t16-,23-/m1/s1. The lowest BCUT2D eigenvalue weighted by Crippen LogP contribution is -2.45. The number of carbonyl (C=O) groups excluding carboxylic acids is 1. The highest BCUT2D eigenvalue weighted by Gasteiger charge is 2.35. The van der Waals surface area contributed by atoms with Gasteiger partial charge in [0.2, 0.25) is 5.91 Å². The molecule has 0 spiro atoms. The Labute approximate surface area is 206 Å². The smallest absolute Gasteiger partial charge is 0.337 e. The molecule has 0 unspecified atom stereocenters. The Morgan fingerprint density at radius 2 is 2.06 bits per heavy atom. The Morgan fingerprint density at radius 3 is 2.74 bits per heavy atom. The molecule has 1 amide bonds. The van der Waals surface area contributed by atoms with Crippen LogP contribution >= 0.6 is 11.6 Å². The number of carbonyl (C=O) groups is 1. The molecule has 1 saturated heterocycles. The van der Waals surface area contributed by atoms with Crippen molar-refractivity contribution in [2.45, 2.75) is 44.4 Å². The van der Waals surface area contributed by atoms with Crippen molar-refractivity contribution in [3.8, 4) is 0 Å². The first-order valence-corrected chi connectivity index (χ1v) is 12.1. The number of rotatable bonds is 4. The second-order valence-electron chi connectivity index (χ2n) is 9.17. The maximum absolute atomic E-state index is 13.7. The quantitative estimate of drug-likeness (QED) is 0.499. The molecule has 1 aromatic heterocycles. The summed E-state index contributed by atoms with van der Waals surface area (Å²) >= 11 is 5.87. The topological polar surface area (TPSA) is 50.2 Å². The van der Waals surface area contributed by atoms with Crippen molar-refractivity contribution in [1.82, 2.24) is 19.8 Å². The summed E-state index contributed by atoms with van der Waals surface area (Å²) in [4.78, 5) is 19.0. The monoisotopic (exact) mass is 502 g/mol. The van der Waals surface area contributed by atoms with Gasteiger partial charge in [-0.2, -0.15) is 13.2 Å². The first kappa shape index (κ1) is 23.9. The number of aromatic nitrogens is 2. The van der Waals surface area contributed by atoms with Crippen molar-refractivity contribution >= 4 is 34.1 Å². The fraction of sp³-hybridized carbons (Fsp3) is 0.385. The molecule has 0 aliphatic carbocycles. The van der Waals surface area contributed by atoms with E-state index in [0.29, 0.717) is 18.6 Å². The fourth-order valence-electron chi connectivity index (χ4n) is 5.07. The Hall–Kier alpha value is -2.84. The van der Waals surface area contributed by atoms with Gasteiger partial charge in [0.05, 0.1) is 35.0 Å². The van der Waals surface area contributed by atoms with E-state index in [1.165, 1.54) is 12.1 Å². The lowest BCUT2D eigenvalue weighted by atomic mass is 9.98. The predicted molar refractivity (Wildman–Crippen MR) is 130 cm³/mol. The highest BCUT2D eigenvalue weighted by molar-refractivity contribution is 6.30. The maximum Gasteiger partial charge on any atom is 0.416 e. The van der Waals surface area contributed by atoms with Gasteiger partial charge >= 0.3 is 6.18 Å². The Morgan fingerprint density at radius 1 is 1.23 bits per heavy atom. The highest BCUT2D eigenvalue weighted by Crippen LogP contribution is 2.38. The Bertz CT molecular complexity index is 1290. The summed E-state index contributed by atoms with van der Waals surface area (Å²) in [5.74, 6) is 0.156. The summed E-state index contributed by atoms with van der Waals surface area (Å²) in [6.45, 7) is 3.82. The zero-order chi connectivity index (χ0) is 24.7. The normalized spacial score (nSPS) is 19.7. The molecule has 1 fully saturated rings. The van der Waals surface area contributed by atoms with Crippen molar-refractivity contribution in [3.05, 3.63) is 70.5 Å². The second-order valence-corrected chi connectivity index (χ2v) is 9.61. The molecule has 2 aliphatic rings. The van der Waals surface area contributed by atoms with Gasteiger partial charge in [0.15, 0.2) is 0 Å². The van der Waals surface area contributed by atoms with Crippen LogP contribution in [0, 0.1) is 0 Å². The van der Waals surface area contributed by atoms with E-state index < -0.39 is 17.8 Å². The van der Waals surface area contributed by atoms with Crippen molar-refractivity contribution < 1.29 is 18.0 Å². The number of nitrogens with one attached hydrogen (secondary N) is 1. The molecule has 2 aromatic carbocycles. The number of imidazole rings is 1. The summed E-state index contributed by atoms with van der Waals surface area (Å²) < 4.78 is 42.9. The van der Waals surface area contributed by atoms with E-state index in [2.05, 4.69) is 16.4 Å². The van der Waals surface area contributed by atoms with Crippen LogP contribution in [0.25, 0.3) is 16.6 Å². The molecular formula is C26H26ClF3N4O. The van der Waals surface area contributed by atoms with E-state index in [1.807, 2.05) is 23.1 Å². The number of alkyl halides is 3. The highest BCUT2D eigenvalue weighted by atomic mass is 35.5. The SMILES string of the molecule is C[C@H](c1ccc(Cl)cc1C(F)(F)F)n1cnc2ccc(C3=CCN(C(=O)[C@H]4CCCN4)CC3)cc21. The van der Waals surface area contributed by atoms with Gasteiger partial charge < -0.3 is 14.8 Å². The van der Waals surface area contributed by atoms with Gasteiger partial charge in [-0.25, -0.2) is 4.98 Å². The van der Waals surface area contributed by atoms with Crippen LogP contribution in [0.2, 0.25) is 5.02 Å². The minimum absolute atomic E-state index is 0.0477. The first-order chi connectivity index (χ1) is 16.7. The minimum atomic E-state index is -4.51. The van der Waals surface area contributed by atoms with E-state index >= 15 is 0 Å². The zero-order valence-electron chi connectivity index (χ0n) is 19.3. The average molecular weight is 503 g/mol. The summed E-state index contributed by atoms with van der Waals surface area (Å²) in [6.07, 6.45) is 1.77. The van der Waals surface area contributed by atoms with Crippen LogP contribution in [0.4, 0.5) is 13.2 Å². The van der Waals surface area contributed by atoms with Crippen molar-refractivity contribution in [2.75, 3.05) is 19.6 Å². The summed E-state index contributed by atoms with van der Waals surface area (Å²) in [5, 5.41) is 3.31. The number of benzene rings is 2. The fourth-order valence-corrected chi connectivity index (χ4v) is 5.24. The molecule has 0 saturated carbocycles. The molecule has 2 atom stereocenters. The van der Waals surface area contributed by atoms with Crippen LogP contribution in [0.3, 0.4) is 0 Å². The third kappa shape index (κ3) is 4.69. The van der Waals surface area contributed by atoms with E-state index in [1.54, 1.807) is 17.8 Å². The molecule has 9 heteroatoms. The van der Waals surface area contributed by atoms with E-state index in [0.717, 1.165) is 48.5 Å². The van der Waals surface area contributed by atoms with Crippen LogP contribution in [0.1, 0.15) is 48.9 Å². The van der Waals surface area contributed by atoms with Gasteiger partial charge in [-0.05, 0) is 73.7 Å². The maximum atomic E-state index is 13.7. The van der Waals surface area contributed by atoms with Gasteiger partial charge in [0, 0.05) is 18.1 Å². The summed E-state index contributed by atoms with van der Waals surface area (Å²) in [6, 6.07) is 9.05. The average Bonchev–Trinajstić information content (AvgIpc) is 3.53. The number of hydrogen-bond donors (Lipinski definition) is 1. The van der Waals surface area contributed by atoms with Crippen molar-refractivity contribution in [1.29, 1.82) is 0 Å². The summed E-state index contributed by atoms with van der Waals surface area (Å²) in [7, 11) is 0. The third-order valence-corrected chi connectivity index (χ3v) is 7.25. The van der Waals surface area contributed by atoms with Gasteiger partial charge in [-0.3, -0.25) is 4.79 Å². The Balaban J connectivity index is 1.43. The second kappa shape index (κ2) is 9.32. The largest absolute Gasteiger partial charge is 0.416 e. The number of amides is 1. The molecule has 0 bridgehead atoms. The number of fused-ring (bicyclic) bond motifs is 1. The number of hydrogen-bond acceptors (Lipinski definition) is 3. The van der Waals surface area contributed by atoms with Gasteiger partial charge in [0.1, 0.15) is 0 Å². The zero-order valence-corrected chi connectivity index (χ0v) is 20.0. The number of halogens is 4. The molecule has 35 heavy (non-hydrogen) atoms. The van der Waals surface area contributed by atoms with Crippen molar-refractivity contribution in [3.63, 3.8) is 0 Å². The molecule has 1 N–H and O–H groups in total. The molecule has 3 heterocycles. The molecular weight excluding hydrogens is 477 g/mol. The lowest BCUT2D eigenvalue weighted by molar-refractivity contribution is -0.138. The van der Waals surface area contributed by atoms with Crippen LogP contribution in [-0.4, -0.2) is 46.0 Å². The van der Waals surface area contributed by atoms with E-state index in [-0.39, 0.29) is 22.5 Å². The molecule has 0 radical (unpaired) electrons. The molecule has 5 nitrogen and oxygen atoms in total. The van der Waals surface area contributed by atoms with Gasteiger partial charge in [-0.15, -0.1) is 0 Å². The minimum Gasteiger partial charge on any atom is -0.337 e. The molecule has 3 aromatic rings. The van der Waals surface area contributed by atoms with Gasteiger partial charge in [0.25, 0.3) is 0 Å². The van der Waals surface area contributed by atoms with Crippen LogP contribution in [0.15, 0.2) is 48.8 Å². The van der Waals surface area contributed by atoms with Crippen LogP contribution in [0.5, 0.6) is 0 Å². The molecule has 5 rings (SSSR count). The Kier molecular flexibility index (Phi) is 6.36. The predicted octanol–water partition coefficient (Wildman–Crippen LogP) is 5.69. The van der Waals surface area contributed by atoms with Crippen LogP contribution in [-0.2, 0) is 11.0 Å². The van der Waals surface area contributed by atoms with E-state index in [4.69, 9.17) is 11.6 Å². The number of nitrogens with zero attached hydrogens (tertiary/aromatic N) is 3. The molecule has 2 aliphatic heterocycles.